The zero-order valence-corrected chi connectivity index (χ0v) is 11.5. The maximum Gasteiger partial charge on any atom is 0.123 e. The van der Waals surface area contributed by atoms with Gasteiger partial charge >= 0.3 is 0 Å². The Morgan fingerprint density at radius 1 is 1.33 bits per heavy atom. The van der Waals surface area contributed by atoms with Gasteiger partial charge in [0.15, 0.2) is 0 Å². The minimum atomic E-state index is -0.0205. The first-order chi connectivity index (χ1) is 8.64. The molecule has 0 amide bonds. The number of aliphatic hydroxyl groups is 1. The number of rotatable bonds is 3. The van der Waals surface area contributed by atoms with Gasteiger partial charge in [0.05, 0.1) is 12.3 Å². The van der Waals surface area contributed by atoms with Crippen LogP contribution in [-0.4, -0.2) is 16.7 Å². The minimum Gasteiger partial charge on any atom is -0.395 e. The maximum absolute atomic E-state index is 9.45. The summed E-state index contributed by atoms with van der Waals surface area (Å²) in [7, 11) is 0. The first kappa shape index (κ1) is 11.9. The van der Waals surface area contributed by atoms with E-state index in [1.165, 1.54) is 16.7 Å². The van der Waals surface area contributed by atoms with E-state index in [1.54, 1.807) is 11.3 Å². The Kier molecular flexibility index (Phi) is 2.76. The molecule has 0 spiro atoms. The summed E-state index contributed by atoms with van der Waals surface area (Å²) < 4.78 is 0. The number of nitrogens with zero attached hydrogens (tertiary/aromatic N) is 1. The summed E-state index contributed by atoms with van der Waals surface area (Å²) in [6, 6.07) is 6.46. The summed E-state index contributed by atoms with van der Waals surface area (Å²) >= 11 is 1.68. The SMILES string of the molecule is Cc1ccc(-c2nc(C3(CO)CC3)cs2)c(C)c1. The Labute approximate surface area is 111 Å². The zero-order chi connectivity index (χ0) is 12.8. The highest BCUT2D eigenvalue weighted by atomic mass is 32.1. The molecule has 3 rings (SSSR count). The van der Waals surface area contributed by atoms with Crippen molar-refractivity contribution in [3.63, 3.8) is 0 Å². The number of aliphatic hydroxyl groups excluding tert-OH is 1. The van der Waals surface area contributed by atoms with Gasteiger partial charge in [-0.15, -0.1) is 11.3 Å². The van der Waals surface area contributed by atoms with Crippen LogP contribution in [-0.2, 0) is 5.41 Å². The van der Waals surface area contributed by atoms with Crippen LogP contribution >= 0.6 is 11.3 Å². The van der Waals surface area contributed by atoms with Crippen molar-refractivity contribution in [2.24, 2.45) is 0 Å². The van der Waals surface area contributed by atoms with Gasteiger partial charge in [-0.25, -0.2) is 4.98 Å². The van der Waals surface area contributed by atoms with Gasteiger partial charge in [0.25, 0.3) is 0 Å². The third-order valence-corrected chi connectivity index (χ3v) is 4.69. The Balaban J connectivity index is 1.98. The molecule has 0 radical (unpaired) electrons. The second kappa shape index (κ2) is 4.18. The van der Waals surface area contributed by atoms with E-state index in [4.69, 9.17) is 4.98 Å². The van der Waals surface area contributed by atoms with E-state index in [-0.39, 0.29) is 12.0 Å². The van der Waals surface area contributed by atoms with Crippen molar-refractivity contribution in [2.75, 3.05) is 6.61 Å². The highest BCUT2D eigenvalue weighted by Crippen LogP contribution is 2.48. The molecule has 1 fully saturated rings. The first-order valence-corrected chi connectivity index (χ1v) is 7.17. The monoisotopic (exact) mass is 259 g/mol. The maximum atomic E-state index is 9.45. The van der Waals surface area contributed by atoms with E-state index < -0.39 is 0 Å². The Bertz CT molecular complexity index is 584. The molecule has 1 saturated carbocycles. The standard InChI is InChI=1S/C15H17NOS/c1-10-3-4-12(11(2)7-10)14-16-13(8-18-14)15(9-17)5-6-15/h3-4,7-8,17H,5-6,9H2,1-2H3. The highest BCUT2D eigenvalue weighted by molar-refractivity contribution is 7.13. The molecule has 1 aliphatic carbocycles. The van der Waals surface area contributed by atoms with E-state index in [1.807, 2.05) is 0 Å². The number of hydrogen-bond donors (Lipinski definition) is 1. The molecule has 2 nitrogen and oxygen atoms in total. The lowest BCUT2D eigenvalue weighted by Gasteiger charge is -2.07. The average molecular weight is 259 g/mol. The molecule has 0 saturated heterocycles. The van der Waals surface area contributed by atoms with Crippen LogP contribution < -0.4 is 0 Å². The smallest absolute Gasteiger partial charge is 0.123 e. The van der Waals surface area contributed by atoms with Crippen molar-refractivity contribution in [1.82, 2.24) is 4.98 Å². The van der Waals surface area contributed by atoms with Crippen LogP contribution in [0.15, 0.2) is 23.6 Å². The predicted octanol–water partition coefficient (Wildman–Crippen LogP) is 3.45. The summed E-state index contributed by atoms with van der Waals surface area (Å²) in [6.07, 6.45) is 2.14. The second-order valence-electron chi connectivity index (χ2n) is 5.29. The van der Waals surface area contributed by atoms with Crippen LogP contribution in [0.25, 0.3) is 10.6 Å². The molecule has 0 bridgehead atoms. The molecule has 0 atom stereocenters. The third-order valence-electron chi connectivity index (χ3n) is 3.82. The number of hydrogen-bond acceptors (Lipinski definition) is 3. The summed E-state index contributed by atoms with van der Waals surface area (Å²) in [5, 5.41) is 12.6. The molecule has 1 heterocycles. The van der Waals surface area contributed by atoms with Gasteiger partial charge in [-0.3, -0.25) is 0 Å². The van der Waals surface area contributed by atoms with E-state index in [9.17, 15) is 5.11 Å². The molecule has 1 aromatic carbocycles. The molecule has 94 valence electrons. The first-order valence-electron chi connectivity index (χ1n) is 6.29. The van der Waals surface area contributed by atoms with Crippen molar-refractivity contribution in [3.05, 3.63) is 40.4 Å². The van der Waals surface area contributed by atoms with Crippen molar-refractivity contribution in [3.8, 4) is 10.6 Å². The molecule has 1 N–H and O–H groups in total. The van der Waals surface area contributed by atoms with Crippen LogP contribution in [0.3, 0.4) is 0 Å². The Morgan fingerprint density at radius 2 is 2.11 bits per heavy atom. The number of benzene rings is 1. The summed E-state index contributed by atoms with van der Waals surface area (Å²) in [5.41, 5.74) is 4.82. The Morgan fingerprint density at radius 3 is 2.72 bits per heavy atom. The lowest BCUT2D eigenvalue weighted by molar-refractivity contribution is 0.253. The normalized spacial score (nSPS) is 16.8. The van der Waals surface area contributed by atoms with E-state index in [0.29, 0.717) is 0 Å². The van der Waals surface area contributed by atoms with Crippen molar-refractivity contribution < 1.29 is 5.11 Å². The fourth-order valence-corrected chi connectivity index (χ4v) is 3.37. The predicted molar refractivity (Wildman–Crippen MR) is 75.0 cm³/mol. The Hall–Kier alpha value is -1.19. The summed E-state index contributed by atoms with van der Waals surface area (Å²) in [6.45, 7) is 4.46. The van der Waals surface area contributed by atoms with Gasteiger partial charge in [0.1, 0.15) is 5.01 Å². The van der Waals surface area contributed by atoms with Crippen LogP contribution in [0.5, 0.6) is 0 Å². The highest BCUT2D eigenvalue weighted by Gasteiger charge is 2.45. The molecule has 0 aliphatic heterocycles. The van der Waals surface area contributed by atoms with Gasteiger partial charge in [-0.2, -0.15) is 0 Å². The van der Waals surface area contributed by atoms with Crippen molar-refractivity contribution in [1.29, 1.82) is 0 Å². The van der Waals surface area contributed by atoms with Gasteiger partial charge in [-0.1, -0.05) is 23.8 Å². The zero-order valence-electron chi connectivity index (χ0n) is 10.7. The van der Waals surface area contributed by atoms with Gasteiger partial charge in [0, 0.05) is 16.4 Å². The van der Waals surface area contributed by atoms with Crippen molar-refractivity contribution in [2.45, 2.75) is 32.1 Å². The largest absolute Gasteiger partial charge is 0.395 e. The average Bonchev–Trinajstić information content (AvgIpc) is 3.00. The van der Waals surface area contributed by atoms with Gasteiger partial charge < -0.3 is 5.11 Å². The van der Waals surface area contributed by atoms with E-state index in [2.05, 4.69) is 37.4 Å². The van der Waals surface area contributed by atoms with E-state index >= 15 is 0 Å². The molecule has 2 aromatic rings. The molecule has 1 aromatic heterocycles. The van der Waals surface area contributed by atoms with Crippen LogP contribution in [0, 0.1) is 13.8 Å². The minimum absolute atomic E-state index is 0.0205. The lowest BCUT2D eigenvalue weighted by Crippen LogP contribution is -2.12. The fourth-order valence-electron chi connectivity index (χ4n) is 2.34. The van der Waals surface area contributed by atoms with Crippen LogP contribution in [0.2, 0.25) is 0 Å². The number of thiazole rings is 1. The summed E-state index contributed by atoms with van der Waals surface area (Å²) in [4.78, 5) is 4.73. The number of aromatic nitrogens is 1. The lowest BCUT2D eigenvalue weighted by atomic mass is 10.0. The van der Waals surface area contributed by atoms with Crippen LogP contribution in [0.4, 0.5) is 0 Å². The molecule has 18 heavy (non-hydrogen) atoms. The van der Waals surface area contributed by atoms with Gasteiger partial charge in [-0.05, 0) is 32.3 Å². The molecule has 1 aliphatic rings. The third kappa shape index (κ3) is 1.88. The van der Waals surface area contributed by atoms with Gasteiger partial charge in [0.2, 0.25) is 0 Å². The number of aryl methyl sites for hydroxylation is 2. The molecular formula is C15H17NOS. The molecular weight excluding hydrogens is 242 g/mol. The summed E-state index contributed by atoms with van der Waals surface area (Å²) in [5.74, 6) is 0. The fraction of sp³-hybridized carbons (Fsp3) is 0.400. The molecule has 3 heteroatoms. The van der Waals surface area contributed by atoms with Crippen molar-refractivity contribution >= 4 is 11.3 Å². The quantitative estimate of drug-likeness (QED) is 0.915. The van der Waals surface area contributed by atoms with E-state index in [0.717, 1.165) is 23.5 Å². The van der Waals surface area contributed by atoms with Crippen LogP contribution in [0.1, 0.15) is 29.7 Å². The second-order valence-corrected chi connectivity index (χ2v) is 6.15. The topological polar surface area (TPSA) is 33.1 Å². The molecule has 0 unspecified atom stereocenters.